The molecule has 1 aliphatic heterocycles. The van der Waals surface area contributed by atoms with Crippen molar-refractivity contribution in [3.8, 4) is 0 Å². The first-order chi connectivity index (χ1) is 13.1. The number of carbonyl (C=O) groups is 2. The van der Waals surface area contributed by atoms with Crippen LogP contribution in [-0.2, 0) is 0 Å². The fourth-order valence-corrected chi connectivity index (χ4v) is 3.97. The van der Waals surface area contributed by atoms with Gasteiger partial charge in [-0.05, 0) is 36.4 Å². The molecular weight excluding hydrogens is 364 g/mol. The summed E-state index contributed by atoms with van der Waals surface area (Å²) in [5.74, 6) is -0.474. The van der Waals surface area contributed by atoms with Gasteiger partial charge in [-0.25, -0.2) is 4.98 Å². The maximum Gasteiger partial charge on any atom is 0.270 e. The quantitative estimate of drug-likeness (QED) is 0.749. The summed E-state index contributed by atoms with van der Waals surface area (Å²) in [6.45, 7) is 1.11. The van der Waals surface area contributed by atoms with E-state index in [2.05, 4.69) is 10.3 Å². The molecule has 0 unspecified atom stereocenters. The Balaban J connectivity index is 1.49. The number of hydrogen-bond acceptors (Lipinski definition) is 5. The van der Waals surface area contributed by atoms with Crippen molar-refractivity contribution in [1.29, 1.82) is 0 Å². The van der Waals surface area contributed by atoms with Gasteiger partial charge < -0.3 is 10.2 Å². The summed E-state index contributed by atoms with van der Waals surface area (Å²) in [4.78, 5) is 44.3. The Bertz CT molecular complexity index is 1040. The zero-order chi connectivity index (χ0) is 18.8. The molecular formula is C19H18N4O3S. The largest absolute Gasteiger partial charge is 0.347 e. The standard InChI is InChI=1S/C19H18N4O3S/c24-17(14-11-20-16-7-1-2-9-23(16)18(14)25)21-13-5-3-8-22(12-13)19(26)15-6-4-10-27-15/h1-2,4,6-7,9-11,13H,3,5,8,12H2,(H,21,24)/t13-/m0/s1. The van der Waals surface area contributed by atoms with E-state index >= 15 is 0 Å². The number of fused-ring (bicyclic) bond motifs is 1. The predicted octanol–water partition coefficient (Wildman–Crippen LogP) is 1.79. The third kappa shape index (κ3) is 3.48. The third-order valence-electron chi connectivity index (χ3n) is 4.63. The summed E-state index contributed by atoms with van der Waals surface area (Å²) >= 11 is 1.41. The molecule has 1 saturated heterocycles. The third-order valence-corrected chi connectivity index (χ3v) is 5.49. The fourth-order valence-electron chi connectivity index (χ4n) is 3.28. The normalized spacial score (nSPS) is 17.0. The molecule has 0 radical (unpaired) electrons. The van der Waals surface area contributed by atoms with Crippen LogP contribution in [0.1, 0.15) is 32.9 Å². The van der Waals surface area contributed by atoms with E-state index in [4.69, 9.17) is 0 Å². The lowest BCUT2D eigenvalue weighted by Crippen LogP contribution is -2.50. The van der Waals surface area contributed by atoms with Gasteiger partial charge in [0, 0.05) is 31.5 Å². The highest BCUT2D eigenvalue weighted by Gasteiger charge is 2.27. The summed E-state index contributed by atoms with van der Waals surface area (Å²) in [6.07, 6.45) is 4.47. The number of carbonyl (C=O) groups excluding carboxylic acids is 2. The molecule has 3 aromatic heterocycles. The van der Waals surface area contributed by atoms with Gasteiger partial charge in [-0.2, -0.15) is 0 Å². The summed E-state index contributed by atoms with van der Waals surface area (Å²) in [5, 5.41) is 4.76. The SMILES string of the molecule is O=C(N[C@H]1CCCN(C(=O)c2cccs2)C1)c1cnc2ccccn2c1=O. The Kier molecular flexibility index (Phi) is 4.72. The summed E-state index contributed by atoms with van der Waals surface area (Å²) in [5.41, 5.74) is 0.0882. The van der Waals surface area contributed by atoms with Crippen molar-refractivity contribution in [3.63, 3.8) is 0 Å². The minimum Gasteiger partial charge on any atom is -0.347 e. The molecule has 1 aliphatic rings. The second kappa shape index (κ2) is 7.32. The number of pyridine rings is 1. The van der Waals surface area contributed by atoms with E-state index < -0.39 is 11.5 Å². The van der Waals surface area contributed by atoms with Crippen molar-refractivity contribution >= 4 is 28.8 Å². The zero-order valence-corrected chi connectivity index (χ0v) is 15.3. The smallest absolute Gasteiger partial charge is 0.270 e. The first-order valence-corrected chi connectivity index (χ1v) is 9.61. The molecule has 1 atom stereocenters. The van der Waals surface area contributed by atoms with Gasteiger partial charge >= 0.3 is 0 Å². The van der Waals surface area contributed by atoms with Crippen LogP contribution in [0.5, 0.6) is 0 Å². The van der Waals surface area contributed by atoms with Crippen molar-refractivity contribution < 1.29 is 9.59 Å². The average Bonchev–Trinajstić information content (AvgIpc) is 3.23. The molecule has 0 spiro atoms. The van der Waals surface area contributed by atoms with E-state index in [9.17, 15) is 14.4 Å². The Morgan fingerprint density at radius 2 is 2.11 bits per heavy atom. The highest BCUT2D eigenvalue weighted by molar-refractivity contribution is 7.12. The first kappa shape index (κ1) is 17.4. The van der Waals surface area contributed by atoms with Crippen LogP contribution in [0.3, 0.4) is 0 Å². The second-order valence-electron chi connectivity index (χ2n) is 6.45. The molecule has 138 valence electrons. The van der Waals surface area contributed by atoms with E-state index in [0.717, 1.165) is 12.8 Å². The number of rotatable bonds is 3. The molecule has 2 amide bonds. The minimum absolute atomic E-state index is 0.000377. The molecule has 3 aromatic rings. The van der Waals surface area contributed by atoms with E-state index in [1.807, 2.05) is 11.4 Å². The van der Waals surface area contributed by atoms with E-state index in [1.165, 1.54) is 21.9 Å². The topological polar surface area (TPSA) is 83.8 Å². The minimum atomic E-state index is -0.457. The molecule has 0 bridgehead atoms. The number of nitrogens with one attached hydrogen (secondary N) is 1. The van der Waals surface area contributed by atoms with Crippen LogP contribution >= 0.6 is 11.3 Å². The number of likely N-dealkylation sites (tertiary alicyclic amines) is 1. The van der Waals surface area contributed by atoms with Crippen molar-refractivity contribution in [2.45, 2.75) is 18.9 Å². The van der Waals surface area contributed by atoms with E-state index in [0.29, 0.717) is 23.6 Å². The molecule has 1 N–H and O–H groups in total. The molecule has 0 aromatic carbocycles. The fraction of sp³-hybridized carbons (Fsp3) is 0.263. The number of nitrogens with zero attached hydrogens (tertiary/aromatic N) is 3. The molecule has 1 fully saturated rings. The number of aromatic nitrogens is 2. The number of thiophene rings is 1. The van der Waals surface area contributed by atoms with Crippen LogP contribution in [0.15, 0.2) is 52.9 Å². The molecule has 0 aliphatic carbocycles. The van der Waals surface area contributed by atoms with Crippen LogP contribution in [0.4, 0.5) is 0 Å². The highest BCUT2D eigenvalue weighted by Crippen LogP contribution is 2.17. The number of piperidine rings is 1. The second-order valence-corrected chi connectivity index (χ2v) is 7.39. The van der Waals surface area contributed by atoms with Gasteiger partial charge in [-0.1, -0.05) is 12.1 Å². The lowest BCUT2D eigenvalue weighted by molar-refractivity contribution is 0.0680. The van der Waals surface area contributed by atoms with Crippen molar-refractivity contribution in [3.05, 3.63) is 68.9 Å². The van der Waals surface area contributed by atoms with Gasteiger partial charge in [0.1, 0.15) is 11.2 Å². The van der Waals surface area contributed by atoms with Crippen LogP contribution in [0, 0.1) is 0 Å². The van der Waals surface area contributed by atoms with Crippen molar-refractivity contribution in [1.82, 2.24) is 19.6 Å². The predicted molar refractivity (Wildman–Crippen MR) is 102 cm³/mol. The van der Waals surface area contributed by atoms with E-state index in [1.54, 1.807) is 35.4 Å². The summed E-state index contributed by atoms with van der Waals surface area (Å²) in [6, 6.07) is 8.66. The lowest BCUT2D eigenvalue weighted by atomic mass is 10.0. The maximum atomic E-state index is 12.6. The van der Waals surface area contributed by atoms with Crippen LogP contribution in [-0.4, -0.2) is 45.2 Å². The zero-order valence-electron chi connectivity index (χ0n) is 14.5. The Labute approximate surface area is 159 Å². The molecule has 0 saturated carbocycles. The average molecular weight is 382 g/mol. The monoisotopic (exact) mass is 382 g/mol. The van der Waals surface area contributed by atoms with Gasteiger partial charge in [0.25, 0.3) is 17.4 Å². The van der Waals surface area contributed by atoms with Gasteiger partial charge in [-0.3, -0.25) is 18.8 Å². The lowest BCUT2D eigenvalue weighted by Gasteiger charge is -2.32. The van der Waals surface area contributed by atoms with Gasteiger partial charge in [-0.15, -0.1) is 11.3 Å². The van der Waals surface area contributed by atoms with E-state index in [-0.39, 0.29) is 17.5 Å². The van der Waals surface area contributed by atoms with Gasteiger partial charge in [0.05, 0.1) is 4.88 Å². The molecule has 4 heterocycles. The summed E-state index contributed by atoms with van der Waals surface area (Å²) in [7, 11) is 0. The van der Waals surface area contributed by atoms with Gasteiger partial charge in [0.2, 0.25) is 0 Å². The van der Waals surface area contributed by atoms with Crippen LogP contribution in [0.25, 0.3) is 5.65 Å². The Hall–Kier alpha value is -3.00. The van der Waals surface area contributed by atoms with Crippen molar-refractivity contribution in [2.75, 3.05) is 13.1 Å². The first-order valence-electron chi connectivity index (χ1n) is 8.73. The Morgan fingerprint density at radius 1 is 1.22 bits per heavy atom. The summed E-state index contributed by atoms with van der Waals surface area (Å²) < 4.78 is 1.35. The maximum absolute atomic E-state index is 12.6. The van der Waals surface area contributed by atoms with Crippen LogP contribution < -0.4 is 10.9 Å². The molecule has 7 nitrogen and oxygen atoms in total. The number of amides is 2. The number of hydrogen-bond donors (Lipinski definition) is 1. The van der Waals surface area contributed by atoms with Crippen LogP contribution in [0.2, 0.25) is 0 Å². The Morgan fingerprint density at radius 3 is 2.93 bits per heavy atom. The molecule has 27 heavy (non-hydrogen) atoms. The highest BCUT2D eigenvalue weighted by atomic mass is 32.1. The van der Waals surface area contributed by atoms with Crippen molar-refractivity contribution in [2.24, 2.45) is 0 Å². The molecule has 8 heteroatoms. The molecule has 4 rings (SSSR count). The van der Waals surface area contributed by atoms with Gasteiger partial charge in [0.15, 0.2) is 0 Å².